The molecule has 3 unspecified atom stereocenters. The molecule has 1 fully saturated rings. The fraction of sp³-hybridized carbons (Fsp3) is 0.786. The number of hydrogen-bond donors (Lipinski definition) is 0. The lowest BCUT2D eigenvalue weighted by Crippen LogP contribution is -2.43. The van der Waals surface area contributed by atoms with Gasteiger partial charge in [-0.1, -0.05) is 25.5 Å². The highest BCUT2D eigenvalue weighted by Gasteiger charge is 2.46. The van der Waals surface area contributed by atoms with Gasteiger partial charge in [0.1, 0.15) is 5.78 Å². The molecule has 15 heavy (non-hydrogen) atoms. The lowest BCUT2D eigenvalue weighted by Gasteiger charge is -2.44. The van der Waals surface area contributed by atoms with E-state index >= 15 is 0 Å². The molecule has 2 aliphatic carbocycles. The molecule has 0 N–H and O–H groups in total. The zero-order valence-electron chi connectivity index (χ0n) is 10.2. The van der Waals surface area contributed by atoms with Crippen molar-refractivity contribution in [2.45, 2.75) is 52.9 Å². The maximum absolute atomic E-state index is 12.2. The third kappa shape index (κ3) is 1.77. The molecule has 84 valence electrons. The van der Waals surface area contributed by atoms with Crippen molar-refractivity contribution in [3.63, 3.8) is 0 Å². The number of hydrogen-bond acceptors (Lipinski definition) is 1. The Balaban J connectivity index is 2.28. The first-order valence-corrected chi connectivity index (χ1v) is 6.25. The van der Waals surface area contributed by atoms with Crippen LogP contribution < -0.4 is 0 Å². The topological polar surface area (TPSA) is 17.1 Å². The van der Waals surface area contributed by atoms with Crippen LogP contribution in [0.25, 0.3) is 0 Å². The molecule has 1 spiro atoms. The van der Waals surface area contributed by atoms with Crippen molar-refractivity contribution in [2.75, 3.05) is 0 Å². The van der Waals surface area contributed by atoms with Crippen LogP contribution in [0.15, 0.2) is 11.6 Å². The molecule has 2 rings (SSSR count). The Bertz CT molecular complexity index is 302. The van der Waals surface area contributed by atoms with Crippen LogP contribution in [0.5, 0.6) is 0 Å². The monoisotopic (exact) mass is 206 g/mol. The van der Waals surface area contributed by atoms with E-state index in [1.54, 1.807) is 0 Å². The highest BCUT2D eigenvalue weighted by molar-refractivity contribution is 5.86. The minimum Gasteiger partial charge on any atom is -0.299 e. The minimum atomic E-state index is 0.0111. The molecule has 2 aliphatic rings. The Labute approximate surface area is 92.9 Å². The summed E-state index contributed by atoms with van der Waals surface area (Å²) in [5.74, 6) is 1.73. The van der Waals surface area contributed by atoms with Gasteiger partial charge < -0.3 is 0 Å². The van der Waals surface area contributed by atoms with Crippen molar-refractivity contribution in [3.8, 4) is 0 Å². The minimum absolute atomic E-state index is 0.0111. The van der Waals surface area contributed by atoms with E-state index in [0.29, 0.717) is 11.7 Å². The third-order valence-corrected chi connectivity index (χ3v) is 4.50. The first kappa shape index (κ1) is 10.9. The van der Waals surface area contributed by atoms with Crippen LogP contribution in [-0.4, -0.2) is 5.78 Å². The van der Waals surface area contributed by atoms with E-state index in [2.05, 4.69) is 26.8 Å². The molecule has 1 nitrogen and oxygen atoms in total. The van der Waals surface area contributed by atoms with Gasteiger partial charge in [-0.3, -0.25) is 4.79 Å². The van der Waals surface area contributed by atoms with Crippen molar-refractivity contribution in [3.05, 3.63) is 11.6 Å². The smallest absolute Gasteiger partial charge is 0.139 e. The number of rotatable bonds is 0. The van der Waals surface area contributed by atoms with Crippen molar-refractivity contribution in [2.24, 2.45) is 17.3 Å². The molecular weight excluding hydrogens is 184 g/mol. The first-order valence-electron chi connectivity index (χ1n) is 6.25. The number of Topliss-reactive ketones (excluding diaryl/α,β-unsaturated/α-hetero) is 1. The second kappa shape index (κ2) is 3.77. The Kier molecular flexibility index (Phi) is 2.74. The van der Waals surface area contributed by atoms with E-state index in [1.807, 2.05) is 0 Å². The van der Waals surface area contributed by atoms with Gasteiger partial charge in [-0.15, -0.1) is 0 Å². The van der Waals surface area contributed by atoms with Crippen LogP contribution in [0, 0.1) is 17.3 Å². The van der Waals surface area contributed by atoms with Gasteiger partial charge in [0.25, 0.3) is 0 Å². The molecule has 0 aliphatic heterocycles. The lowest BCUT2D eigenvalue weighted by molar-refractivity contribution is -0.136. The first-order chi connectivity index (χ1) is 7.04. The molecule has 0 heterocycles. The predicted molar refractivity (Wildman–Crippen MR) is 62.6 cm³/mol. The van der Waals surface area contributed by atoms with Crippen LogP contribution in [0.4, 0.5) is 0 Å². The van der Waals surface area contributed by atoms with Crippen LogP contribution in [0.3, 0.4) is 0 Å². The lowest BCUT2D eigenvalue weighted by atomic mass is 9.58. The second-order valence-electron chi connectivity index (χ2n) is 5.73. The molecule has 0 aromatic carbocycles. The van der Waals surface area contributed by atoms with Gasteiger partial charge in [0.2, 0.25) is 0 Å². The average molecular weight is 206 g/mol. The summed E-state index contributed by atoms with van der Waals surface area (Å²) in [6.45, 7) is 6.73. The van der Waals surface area contributed by atoms with Gasteiger partial charge in [-0.2, -0.15) is 0 Å². The quantitative estimate of drug-likeness (QED) is 0.552. The third-order valence-electron chi connectivity index (χ3n) is 4.50. The van der Waals surface area contributed by atoms with Crippen LogP contribution in [0.1, 0.15) is 52.9 Å². The Hall–Kier alpha value is -0.590. The summed E-state index contributed by atoms with van der Waals surface area (Å²) >= 11 is 0. The maximum atomic E-state index is 12.2. The van der Waals surface area contributed by atoms with E-state index in [-0.39, 0.29) is 5.41 Å². The number of allylic oxidation sites excluding steroid dienone is 2. The number of ketones is 1. The Morgan fingerprint density at radius 2 is 2.07 bits per heavy atom. The highest BCUT2D eigenvalue weighted by atomic mass is 16.1. The van der Waals surface area contributed by atoms with Crippen molar-refractivity contribution < 1.29 is 4.79 Å². The van der Waals surface area contributed by atoms with E-state index in [9.17, 15) is 4.79 Å². The summed E-state index contributed by atoms with van der Waals surface area (Å²) in [5.41, 5.74) is 1.48. The van der Waals surface area contributed by atoms with Crippen LogP contribution in [0.2, 0.25) is 0 Å². The molecule has 0 aromatic rings. The van der Waals surface area contributed by atoms with Crippen molar-refractivity contribution >= 4 is 5.78 Å². The molecule has 0 saturated heterocycles. The SMILES string of the molecule is CC1=CC(C)C2(CC1)CC(C)CCC2=O. The average Bonchev–Trinajstić information content (AvgIpc) is 2.18. The van der Waals surface area contributed by atoms with E-state index < -0.39 is 0 Å². The summed E-state index contributed by atoms with van der Waals surface area (Å²) in [5, 5.41) is 0. The van der Waals surface area contributed by atoms with Crippen molar-refractivity contribution in [1.29, 1.82) is 0 Å². The summed E-state index contributed by atoms with van der Waals surface area (Å²) < 4.78 is 0. The fourth-order valence-corrected chi connectivity index (χ4v) is 3.46. The van der Waals surface area contributed by atoms with Crippen molar-refractivity contribution in [1.82, 2.24) is 0 Å². The van der Waals surface area contributed by atoms with E-state index in [0.717, 1.165) is 38.0 Å². The molecule has 1 saturated carbocycles. The Morgan fingerprint density at radius 3 is 2.73 bits per heavy atom. The van der Waals surface area contributed by atoms with E-state index in [1.165, 1.54) is 5.57 Å². The largest absolute Gasteiger partial charge is 0.299 e. The molecule has 0 bridgehead atoms. The number of carbonyl (C=O) groups excluding carboxylic acids is 1. The molecule has 1 heteroatoms. The van der Waals surface area contributed by atoms with Gasteiger partial charge in [-0.05, 0) is 44.4 Å². The van der Waals surface area contributed by atoms with Gasteiger partial charge >= 0.3 is 0 Å². The molecule has 0 radical (unpaired) electrons. The molecule has 0 amide bonds. The zero-order chi connectivity index (χ0) is 11.1. The molecule has 0 aromatic heterocycles. The maximum Gasteiger partial charge on any atom is 0.139 e. The fourth-order valence-electron chi connectivity index (χ4n) is 3.46. The van der Waals surface area contributed by atoms with Gasteiger partial charge in [0, 0.05) is 11.8 Å². The van der Waals surface area contributed by atoms with Gasteiger partial charge in [0.05, 0.1) is 0 Å². The molecule has 3 atom stereocenters. The standard InChI is InChI=1S/C14H22O/c1-10-6-7-14(12(3)8-10)9-11(2)4-5-13(14)15/h8,11-12H,4-7,9H2,1-3H3. The van der Waals surface area contributed by atoms with E-state index in [4.69, 9.17) is 0 Å². The van der Waals surface area contributed by atoms with Crippen LogP contribution in [-0.2, 0) is 4.79 Å². The predicted octanol–water partition coefficient (Wildman–Crippen LogP) is 3.74. The van der Waals surface area contributed by atoms with Gasteiger partial charge in [-0.25, -0.2) is 0 Å². The molecular formula is C14H22O. The highest BCUT2D eigenvalue weighted by Crippen LogP contribution is 2.49. The summed E-state index contributed by atoms with van der Waals surface area (Å²) in [7, 11) is 0. The summed E-state index contributed by atoms with van der Waals surface area (Å²) in [6, 6.07) is 0. The van der Waals surface area contributed by atoms with Gasteiger partial charge in [0.15, 0.2) is 0 Å². The number of carbonyl (C=O) groups is 1. The Morgan fingerprint density at radius 1 is 1.33 bits per heavy atom. The zero-order valence-corrected chi connectivity index (χ0v) is 10.2. The normalized spacial score (nSPS) is 41.8. The summed E-state index contributed by atoms with van der Waals surface area (Å²) in [6.07, 6.45) is 7.60. The second-order valence-corrected chi connectivity index (χ2v) is 5.73. The van der Waals surface area contributed by atoms with Crippen LogP contribution >= 0.6 is 0 Å². The summed E-state index contributed by atoms with van der Waals surface area (Å²) in [4.78, 5) is 12.2.